The first-order chi connectivity index (χ1) is 16.5. The number of hydrogen-bond acceptors (Lipinski definition) is 7. The maximum absolute atomic E-state index is 12.6. The highest BCUT2D eigenvalue weighted by atomic mass is 16.5. The molecule has 4 N–H and O–H groups in total. The molecule has 3 rings (SSSR count). The van der Waals surface area contributed by atoms with Crippen LogP contribution in [-0.2, 0) is 28.6 Å². The summed E-state index contributed by atoms with van der Waals surface area (Å²) in [6.07, 6.45) is -0.508. The molecular weight excluding hydrogens is 440 g/mol. The molecule has 0 saturated heterocycles. The van der Waals surface area contributed by atoms with Crippen LogP contribution in [0.5, 0.6) is 0 Å². The zero-order chi connectivity index (χ0) is 24.3. The molecule has 1 atom stereocenters. The Morgan fingerprint density at radius 1 is 0.912 bits per heavy atom. The number of carbonyl (C=O) groups is 3. The van der Waals surface area contributed by atoms with Crippen molar-refractivity contribution in [2.24, 2.45) is 11.7 Å². The summed E-state index contributed by atoms with van der Waals surface area (Å²) in [7, 11) is 0. The lowest BCUT2D eigenvalue weighted by molar-refractivity contribution is -0.160. The number of carboxylic acid groups (broad SMARTS) is 1. The fourth-order valence-electron chi connectivity index (χ4n) is 3.90. The molecule has 9 nitrogen and oxygen atoms in total. The number of carboxylic acids is 1. The minimum Gasteiger partial charge on any atom is -0.481 e. The van der Waals surface area contributed by atoms with Gasteiger partial charge in [-0.05, 0) is 22.3 Å². The van der Waals surface area contributed by atoms with Gasteiger partial charge in [0, 0.05) is 19.0 Å². The van der Waals surface area contributed by atoms with Gasteiger partial charge in [-0.15, -0.1) is 0 Å². The number of esters is 1. The van der Waals surface area contributed by atoms with Gasteiger partial charge in [-0.2, -0.15) is 0 Å². The van der Waals surface area contributed by atoms with Crippen LogP contribution in [0.3, 0.4) is 0 Å². The number of aliphatic carboxylic acids is 1. The van der Waals surface area contributed by atoms with E-state index < -0.39 is 30.2 Å². The van der Waals surface area contributed by atoms with Crippen LogP contribution < -0.4 is 11.1 Å². The van der Waals surface area contributed by atoms with E-state index in [1.54, 1.807) is 0 Å². The molecule has 0 spiro atoms. The van der Waals surface area contributed by atoms with E-state index in [9.17, 15) is 19.5 Å². The number of nitrogens with two attached hydrogens (primary N) is 1. The molecule has 1 unspecified atom stereocenters. The molecule has 0 heterocycles. The Morgan fingerprint density at radius 3 is 2.09 bits per heavy atom. The molecule has 9 heteroatoms. The Hall–Kier alpha value is -3.27. The van der Waals surface area contributed by atoms with E-state index >= 15 is 0 Å². The average Bonchev–Trinajstić information content (AvgIpc) is 3.16. The number of carbonyl (C=O) groups excluding carboxylic acids is 2. The third-order valence-corrected chi connectivity index (χ3v) is 5.53. The minimum absolute atomic E-state index is 0.00166. The topological polar surface area (TPSA) is 137 Å². The molecule has 1 amide bonds. The zero-order valence-corrected chi connectivity index (χ0v) is 18.9. The molecule has 1 aliphatic rings. The van der Waals surface area contributed by atoms with Gasteiger partial charge in [0.25, 0.3) is 0 Å². The van der Waals surface area contributed by atoms with Crippen molar-refractivity contribution in [3.05, 3.63) is 59.7 Å². The van der Waals surface area contributed by atoms with Gasteiger partial charge in [0.05, 0.1) is 32.8 Å². The van der Waals surface area contributed by atoms with Crippen molar-refractivity contribution in [1.82, 2.24) is 5.32 Å². The first kappa shape index (κ1) is 25.4. The fourth-order valence-corrected chi connectivity index (χ4v) is 3.90. The van der Waals surface area contributed by atoms with Crippen LogP contribution in [0, 0.1) is 5.92 Å². The second kappa shape index (κ2) is 12.8. The smallest absolute Gasteiger partial charge is 0.320 e. The Kier molecular flexibility index (Phi) is 9.57. The second-order valence-corrected chi connectivity index (χ2v) is 7.82. The minimum atomic E-state index is -1.59. The second-order valence-electron chi connectivity index (χ2n) is 7.82. The molecule has 0 radical (unpaired) electrons. The fraction of sp³-hybridized carbons (Fsp3) is 0.400. The van der Waals surface area contributed by atoms with Crippen LogP contribution >= 0.6 is 0 Å². The molecule has 34 heavy (non-hydrogen) atoms. The SMILES string of the molecule is NCCOCCOCCNC(=O)CC(C(=O)O)C(=O)OCC1c2ccccc2-c2ccccc21. The maximum Gasteiger partial charge on any atom is 0.320 e. The normalized spacial score (nSPS) is 13.1. The molecule has 182 valence electrons. The predicted molar refractivity (Wildman–Crippen MR) is 124 cm³/mol. The van der Waals surface area contributed by atoms with Crippen molar-refractivity contribution in [1.29, 1.82) is 0 Å². The van der Waals surface area contributed by atoms with Crippen molar-refractivity contribution in [2.75, 3.05) is 46.1 Å². The summed E-state index contributed by atoms with van der Waals surface area (Å²) in [6.45, 7) is 2.06. The van der Waals surface area contributed by atoms with Crippen LogP contribution in [-0.4, -0.2) is 69.1 Å². The summed E-state index contributed by atoms with van der Waals surface area (Å²) in [5, 5.41) is 12.0. The maximum atomic E-state index is 12.6. The Labute approximate surface area is 198 Å². The summed E-state index contributed by atoms with van der Waals surface area (Å²) < 4.78 is 15.9. The van der Waals surface area contributed by atoms with Gasteiger partial charge in [0.15, 0.2) is 5.92 Å². The van der Waals surface area contributed by atoms with E-state index in [1.807, 2.05) is 48.5 Å². The number of amides is 1. The highest BCUT2D eigenvalue weighted by Gasteiger charge is 2.33. The number of benzene rings is 2. The third-order valence-electron chi connectivity index (χ3n) is 5.53. The molecule has 2 aromatic rings. The van der Waals surface area contributed by atoms with Crippen molar-refractivity contribution in [3.63, 3.8) is 0 Å². The van der Waals surface area contributed by atoms with Crippen LogP contribution in [0.2, 0.25) is 0 Å². The quantitative estimate of drug-likeness (QED) is 0.215. The predicted octanol–water partition coefficient (Wildman–Crippen LogP) is 1.54. The van der Waals surface area contributed by atoms with Crippen LogP contribution in [0.25, 0.3) is 11.1 Å². The number of hydrogen-bond donors (Lipinski definition) is 3. The molecule has 0 saturated carbocycles. The van der Waals surface area contributed by atoms with E-state index in [4.69, 9.17) is 19.9 Å². The van der Waals surface area contributed by atoms with Gasteiger partial charge in [-0.3, -0.25) is 14.4 Å². The first-order valence-corrected chi connectivity index (χ1v) is 11.2. The van der Waals surface area contributed by atoms with Gasteiger partial charge < -0.3 is 30.4 Å². The van der Waals surface area contributed by atoms with Crippen molar-refractivity contribution < 1.29 is 33.7 Å². The molecular formula is C25H30N2O7. The molecule has 0 bridgehead atoms. The summed E-state index contributed by atoms with van der Waals surface area (Å²) in [5.74, 6) is -4.68. The third kappa shape index (κ3) is 6.63. The summed E-state index contributed by atoms with van der Waals surface area (Å²) >= 11 is 0. The van der Waals surface area contributed by atoms with Gasteiger partial charge in [0.1, 0.15) is 6.61 Å². The summed E-state index contributed by atoms with van der Waals surface area (Å²) in [6, 6.07) is 15.7. The number of fused-ring (bicyclic) bond motifs is 3. The summed E-state index contributed by atoms with van der Waals surface area (Å²) in [4.78, 5) is 36.4. The van der Waals surface area contributed by atoms with E-state index in [-0.39, 0.29) is 25.7 Å². The largest absolute Gasteiger partial charge is 0.481 e. The van der Waals surface area contributed by atoms with Crippen molar-refractivity contribution >= 4 is 17.8 Å². The van der Waals surface area contributed by atoms with Gasteiger partial charge >= 0.3 is 11.9 Å². The molecule has 0 fully saturated rings. The Balaban J connectivity index is 1.48. The number of nitrogens with one attached hydrogen (secondary N) is 1. The van der Waals surface area contributed by atoms with Gasteiger partial charge in [-0.25, -0.2) is 0 Å². The highest BCUT2D eigenvalue weighted by molar-refractivity contribution is 5.98. The van der Waals surface area contributed by atoms with Gasteiger partial charge in [0.2, 0.25) is 5.91 Å². The lowest BCUT2D eigenvalue weighted by atomic mass is 9.98. The van der Waals surface area contributed by atoms with Crippen LogP contribution in [0.1, 0.15) is 23.5 Å². The Morgan fingerprint density at radius 2 is 1.50 bits per heavy atom. The van der Waals surface area contributed by atoms with Crippen LogP contribution in [0.15, 0.2) is 48.5 Å². The van der Waals surface area contributed by atoms with E-state index in [1.165, 1.54) is 0 Å². The van der Waals surface area contributed by atoms with Crippen molar-refractivity contribution in [3.8, 4) is 11.1 Å². The average molecular weight is 471 g/mol. The summed E-state index contributed by atoms with van der Waals surface area (Å²) in [5.41, 5.74) is 9.49. The van der Waals surface area contributed by atoms with E-state index in [0.29, 0.717) is 26.4 Å². The van der Waals surface area contributed by atoms with Gasteiger partial charge in [-0.1, -0.05) is 48.5 Å². The zero-order valence-electron chi connectivity index (χ0n) is 18.9. The Bertz CT molecular complexity index is 949. The number of ether oxygens (including phenoxy) is 3. The lowest BCUT2D eigenvalue weighted by Crippen LogP contribution is -2.35. The lowest BCUT2D eigenvalue weighted by Gasteiger charge is -2.17. The molecule has 2 aromatic carbocycles. The molecule has 0 aliphatic heterocycles. The highest BCUT2D eigenvalue weighted by Crippen LogP contribution is 2.44. The van der Waals surface area contributed by atoms with Crippen LogP contribution in [0.4, 0.5) is 0 Å². The monoisotopic (exact) mass is 470 g/mol. The standard InChI is InChI=1S/C25H30N2O7/c26-9-11-32-13-14-33-12-10-27-23(28)15-21(24(29)30)25(31)34-16-22-19-7-3-1-5-17(19)18-6-2-4-8-20(18)22/h1-8,21-22H,9-16,26H2,(H,27,28)(H,29,30). The molecule has 0 aromatic heterocycles. The molecule has 1 aliphatic carbocycles. The first-order valence-electron chi connectivity index (χ1n) is 11.2. The van der Waals surface area contributed by atoms with E-state index in [2.05, 4.69) is 5.32 Å². The van der Waals surface area contributed by atoms with E-state index in [0.717, 1.165) is 22.3 Å². The number of rotatable bonds is 14. The van der Waals surface area contributed by atoms with Crippen molar-refractivity contribution in [2.45, 2.75) is 12.3 Å².